The second kappa shape index (κ2) is 7.96. The lowest BCUT2D eigenvalue weighted by Crippen LogP contribution is -2.27. The van der Waals surface area contributed by atoms with E-state index in [1.807, 2.05) is 18.2 Å². The van der Waals surface area contributed by atoms with E-state index in [0.29, 0.717) is 0 Å². The number of amides is 2. The Labute approximate surface area is 168 Å². The number of nitrogens with one attached hydrogen (secondary N) is 2. The fourth-order valence-electron chi connectivity index (χ4n) is 2.08. The lowest BCUT2D eigenvalue weighted by atomic mass is 10.2. The highest BCUT2D eigenvalue weighted by molar-refractivity contribution is 6.76. The van der Waals surface area contributed by atoms with Gasteiger partial charge in [0, 0.05) is 16.8 Å². The second-order valence-electron chi connectivity index (χ2n) is 5.27. The van der Waals surface area contributed by atoms with Crippen LogP contribution in [0.3, 0.4) is 0 Å². The van der Waals surface area contributed by atoms with Crippen LogP contribution in [0, 0.1) is 0 Å². The first-order valence-electron chi connectivity index (χ1n) is 7.51. The number of nitrogens with zero attached hydrogens (tertiary/aromatic N) is 2. The van der Waals surface area contributed by atoms with Crippen molar-refractivity contribution in [3.8, 4) is 11.5 Å². The van der Waals surface area contributed by atoms with Crippen molar-refractivity contribution in [1.82, 2.24) is 10.2 Å². The molecular weight excluding hydrogens is 415 g/mol. The lowest BCUT2D eigenvalue weighted by molar-refractivity contribution is -0.115. The number of halogens is 3. The highest BCUT2D eigenvalue weighted by Gasteiger charge is 2.30. The van der Waals surface area contributed by atoms with Crippen molar-refractivity contribution < 1.29 is 14.0 Å². The SMILES string of the molecule is O=C(Nc1nnc(-c2ccccc2)o1)c1cccc(NC(=O)C(Cl)(Cl)Cl)c1. The molecule has 0 aliphatic carbocycles. The minimum Gasteiger partial charge on any atom is -0.403 e. The molecule has 0 unspecified atom stereocenters. The van der Waals surface area contributed by atoms with Gasteiger partial charge in [-0.1, -0.05) is 64.2 Å². The third kappa shape index (κ3) is 4.97. The summed E-state index contributed by atoms with van der Waals surface area (Å²) >= 11 is 16.5. The zero-order valence-corrected chi connectivity index (χ0v) is 15.7. The van der Waals surface area contributed by atoms with Crippen LogP contribution < -0.4 is 10.6 Å². The fourth-order valence-corrected chi connectivity index (χ4v) is 2.22. The first-order chi connectivity index (χ1) is 12.8. The average molecular weight is 426 g/mol. The van der Waals surface area contributed by atoms with Crippen molar-refractivity contribution in [3.05, 3.63) is 60.2 Å². The monoisotopic (exact) mass is 424 g/mol. The number of hydrogen-bond acceptors (Lipinski definition) is 5. The van der Waals surface area contributed by atoms with Gasteiger partial charge in [-0.05, 0) is 30.3 Å². The maximum Gasteiger partial charge on any atom is 0.322 e. The van der Waals surface area contributed by atoms with Crippen LogP contribution in [0.2, 0.25) is 0 Å². The molecule has 27 heavy (non-hydrogen) atoms. The number of anilines is 2. The Hall–Kier alpha value is -2.61. The normalized spacial score (nSPS) is 11.1. The van der Waals surface area contributed by atoms with E-state index in [0.717, 1.165) is 5.56 Å². The van der Waals surface area contributed by atoms with Gasteiger partial charge in [-0.2, -0.15) is 0 Å². The summed E-state index contributed by atoms with van der Waals surface area (Å²) in [5.74, 6) is -1.08. The molecule has 0 saturated carbocycles. The topological polar surface area (TPSA) is 97.1 Å². The average Bonchev–Trinajstić information content (AvgIpc) is 3.10. The Balaban J connectivity index is 1.71. The Morgan fingerprint density at radius 2 is 1.67 bits per heavy atom. The van der Waals surface area contributed by atoms with Gasteiger partial charge < -0.3 is 9.73 Å². The summed E-state index contributed by atoms with van der Waals surface area (Å²) in [6, 6.07) is 15.1. The minimum atomic E-state index is -2.12. The van der Waals surface area contributed by atoms with E-state index in [2.05, 4.69) is 20.8 Å². The largest absolute Gasteiger partial charge is 0.403 e. The molecule has 0 saturated heterocycles. The van der Waals surface area contributed by atoms with Gasteiger partial charge in [0.15, 0.2) is 0 Å². The third-order valence-corrected chi connectivity index (χ3v) is 3.82. The smallest absolute Gasteiger partial charge is 0.322 e. The maximum atomic E-state index is 12.4. The molecule has 1 aromatic heterocycles. The fraction of sp³-hybridized carbons (Fsp3) is 0.0588. The van der Waals surface area contributed by atoms with Gasteiger partial charge in [-0.25, -0.2) is 0 Å². The molecule has 0 atom stereocenters. The second-order valence-corrected chi connectivity index (χ2v) is 7.55. The number of aromatic nitrogens is 2. The molecule has 0 bridgehead atoms. The molecule has 3 aromatic rings. The van der Waals surface area contributed by atoms with Crippen molar-refractivity contribution >= 4 is 58.3 Å². The van der Waals surface area contributed by atoms with E-state index in [9.17, 15) is 9.59 Å². The minimum absolute atomic E-state index is 0.0606. The summed E-state index contributed by atoms with van der Waals surface area (Å²) in [7, 11) is 0. The first kappa shape index (κ1) is 19.2. The van der Waals surface area contributed by atoms with Crippen molar-refractivity contribution in [2.75, 3.05) is 10.6 Å². The van der Waals surface area contributed by atoms with Crippen LogP contribution in [0.25, 0.3) is 11.5 Å². The van der Waals surface area contributed by atoms with Gasteiger partial charge in [-0.3, -0.25) is 14.9 Å². The molecule has 3 rings (SSSR count). The standard InChI is InChI=1S/C17H11Cl3N4O3/c18-17(19,20)15(26)21-12-8-4-7-11(9-12)13(25)22-16-24-23-14(27-16)10-5-2-1-3-6-10/h1-9H,(H,21,26)(H,22,24,25). The van der Waals surface area contributed by atoms with E-state index >= 15 is 0 Å². The number of rotatable bonds is 4. The molecule has 7 nitrogen and oxygen atoms in total. The molecule has 1 heterocycles. The molecule has 2 amide bonds. The molecule has 0 aliphatic heterocycles. The van der Waals surface area contributed by atoms with Crippen molar-refractivity contribution in [3.63, 3.8) is 0 Å². The predicted molar refractivity (Wildman–Crippen MR) is 103 cm³/mol. The predicted octanol–water partition coefficient (Wildman–Crippen LogP) is 4.30. The van der Waals surface area contributed by atoms with Crippen LogP contribution in [0.1, 0.15) is 10.4 Å². The zero-order chi connectivity index (χ0) is 19.4. The summed E-state index contributed by atoms with van der Waals surface area (Å²) in [4.78, 5) is 24.1. The van der Waals surface area contributed by atoms with Crippen LogP contribution in [-0.4, -0.2) is 25.8 Å². The van der Waals surface area contributed by atoms with Gasteiger partial charge in [-0.15, -0.1) is 5.10 Å². The summed E-state index contributed by atoms with van der Waals surface area (Å²) in [5, 5.41) is 12.6. The summed E-state index contributed by atoms with van der Waals surface area (Å²) in [5.41, 5.74) is 1.24. The molecule has 10 heteroatoms. The van der Waals surface area contributed by atoms with Crippen LogP contribution >= 0.6 is 34.8 Å². The van der Waals surface area contributed by atoms with Gasteiger partial charge >= 0.3 is 6.01 Å². The van der Waals surface area contributed by atoms with Crippen molar-refractivity contribution in [2.24, 2.45) is 0 Å². The molecular formula is C17H11Cl3N4O3. The summed E-state index contributed by atoms with van der Waals surface area (Å²) in [6.45, 7) is 0. The van der Waals surface area contributed by atoms with E-state index in [4.69, 9.17) is 39.2 Å². The van der Waals surface area contributed by atoms with Crippen molar-refractivity contribution in [2.45, 2.75) is 3.79 Å². The number of alkyl halides is 3. The van der Waals surface area contributed by atoms with Gasteiger partial charge in [0.2, 0.25) is 5.89 Å². The van der Waals surface area contributed by atoms with E-state index in [-0.39, 0.29) is 23.2 Å². The lowest BCUT2D eigenvalue weighted by Gasteiger charge is -2.12. The van der Waals surface area contributed by atoms with E-state index in [1.165, 1.54) is 12.1 Å². The molecule has 2 N–H and O–H groups in total. The van der Waals surface area contributed by atoms with E-state index < -0.39 is 15.6 Å². The van der Waals surface area contributed by atoms with Crippen LogP contribution in [0.4, 0.5) is 11.7 Å². The zero-order valence-electron chi connectivity index (χ0n) is 13.4. The van der Waals surface area contributed by atoms with Crippen LogP contribution in [0.5, 0.6) is 0 Å². The van der Waals surface area contributed by atoms with Gasteiger partial charge in [0.25, 0.3) is 15.6 Å². The Morgan fingerprint density at radius 1 is 0.926 bits per heavy atom. The van der Waals surface area contributed by atoms with E-state index in [1.54, 1.807) is 24.3 Å². The highest BCUT2D eigenvalue weighted by atomic mass is 35.6. The molecule has 138 valence electrons. The highest BCUT2D eigenvalue weighted by Crippen LogP contribution is 2.28. The van der Waals surface area contributed by atoms with Crippen LogP contribution in [0.15, 0.2) is 59.0 Å². The number of hydrogen-bond donors (Lipinski definition) is 2. The number of benzene rings is 2. The molecule has 2 aromatic carbocycles. The Kier molecular flexibility index (Phi) is 5.65. The molecule has 0 spiro atoms. The summed E-state index contributed by atoms with van der Waals surface area (Å²) in [6.07, 6.45) is 0. The van der Waals surface area contributed by atoms with Crippen molar-refractivity contribution in [1.29, 1.82) is 0 Å². The van der Waals surface area contributed by atoms with Gasteiger partial charge in [0.05, 0.1) is 0 Å². The molecule has 0 fully saturated rings. The molecule has 0 radical (unpaired) electrons. The quantitative estimate of drug-likeness (QED) is 0.608. The van der Waals surface area contributed by atoms with Crippen LogP contribution in [-0.2, 0) is 4.79 Å². The molecule has 0 aliphatic rings. The third-order valence-electron chi connectivity index (χ3n) is 3.31. The Bertz CT molecular complexity index is 971. The maximum absolute atomic E-state index is 12.4. The summed E-state index contributed by atoms with van der Waals surface area (Å²) < 4.78 is 3.31. The van der Waals surface area contributed by atoms with Gasteiger partial charge in [0.1, 0.15) is 0 Å². The number of carbonyl (C=O) groups is 2. The first-order valence-corrected chi connectivity index (χ1v) is 8.65. The Morgan fingerprint density at radius 3 is 2.37 bits per heavy atom. The number of carbonyl (C=O) groups excluding carboxylic acids is 2.